The van der Waals surface area contributed by atoms with Gasteiger partial charge in [-0.05, 0) is 56.4 Å². The SMILES string of the molecule is CCOC1CN(C2CCCCCC2Oc2ccc3c(c2)CN(C2CCC(=O)NC2=O)C3=O)C1. The third kappa shape index (κ3) is 4.51. The van der Waals surface area contributed by atoms with Crippen LogP contribution in [0.15, 0.2) is 18.2 Å². The first-order valence-electron chi connectivity index (χ1n) is 12.3. The Morgan fingerprint density at radius 3 is 2.67 bits per heavy atom. The summed E-state index contributed by atoms with van der Waals surface area (Å²) in [5, 5.41) is 2.35. The smallest absolute Gasteiger partial charge is 0.255 e. The van der Waals surface area contributed by atoms with Crippen LogP contribution in [0.1, 0.15) is 67.8 Å². The van der Waals surface area contributed by atoms with Gasteiger partial charge in [-0.3, -0.25) is 24.6 Å². The molecule has 0 bridgehead atoms. The van der Waals surface area contributed by atoms with Crippen molar-refractivity contribution in [1.82, 2.24) is 15.1 Å². The molecule has 0 radical (unpaired) electrons. The maximum atomic E-state index is 12.9. The van der Waals surface area contributed by atoms with E-state index in [9.17, 15) is 14.4 Å². The topological polar surface area (TPSA) is 88.2 Å². The third-order valence-electron chi connectivity index (χ3n) is 7.45. The molecule has 3 atom stereocenters. The Hall–Kier alpha value is -2.45. The molecule has 3 heterocycles. The first-order valence-corrected chi connectivity index (χ1v) is 12.3. The molecule has 4 aliphatic rings. The van der Waals surface area contributed by atoms with E-state index in [-0.39, 0.29) is 30.2 Å². The Balaban J connectivity index is 1.27. The fourth-order valence-electron chi connectivity index (χ4n) is 5.69. The van der Waals surface area contributed by atoms with Crippen LogP contribution < -0.4 is 10.1 Å². The molecule has 3 unspecified atom stereocenters. The van der Waals surface area contributed by atoms with Crippen molar-refractivity contribution in [3.05, 3.63) is 29.3 Å². The summed E-state index contributed by atoms with van der Waals surface area (Å²) in [4.78, 5) is 40.8. The Bertz CT molecular complexity index is 929. The summed E-state index contributed by atoms with van der Waals surface area (Å²) in [5.74, 6) is -0.0275. The van der Waals surface area contributed by atoms with Crippen molar-refractivity contribution < 1.29 is 23.9 Å². The summed E-state index contributed by atoms with van der Waals surface area (Å²) in [6.45, 7) is 5.11. The van der Waals surface area contributed by atoms with E-state index in [1.54, 1.807) is 4.90 Å². The fourth-order valence-corrected chi connectivity index (χ4v) is 5.69. The van der Waals surface area contributed by atoms with Crippen molar-refractivity contribution in [2.75, 3.05) is 19.7 Å². The maximum Gasteiger partial charge on any atom is 0.255 e. The maximum absolute atomic E-state index is 12.9. The minimum absolute atomic E-state index is 0.122. The Morgan fingerprint density at radius 1 is 1.06 bits per heavy atom. The van der Waals surface area contributed by atoms with E-state index in [1.165, 1.54) is 12.8 Å². The zero-order chi connectivity index (χ0) is 22.9. The molecule has 5 rings (SSSR count). The van der Waals surface area contributed by atoms with E-state index < -0.39 is 6.04 Å². The normalized spacial score (nSPS) is 28.8. The molecule has 0 spiro atoms. The van der Waals surface area contributed by atoms with Crippen molar-refractivity contribution in [2.24, 2.45) is 0 Å². The highest BCUT2D eigenvalue weighted by Crippen LogP contribution is 2.33. The number of nitrogens with one attached hydrogen (secondary N) is 1. The van der Waals surface area contributed by atoms with Crippen LogP contribution in [0.3, 0.4) is 0 Å². The molecule has 1 aromatic rings. The molecule has 3 amide bonds. The van der Waals surface area contributed by atoms with Gasteiger partial charge < -0.3 is 14.4 Å². The zero-order valence-corrected chi connectivity index (χ0v) is 19.3. The van der Waals surface area contributed by atoms with Crippen molar-refractivity contribution in [3.63, 3.8) is 0 Å². The van der Waals surface area contributed by atoms with E-state index in [4.69, 9.17) is 9.47 Å². The zero-order valence-electron chi connectivity index (χ0n) is 19.3. The highest BCUT2D eigenvalue weighted by atomic mass is 16.5. The molecule has 1 aliphatic carbocycles. The van der Waals surface area contributed by atoms with Crippen molar-refractivity contribution in [2.45, 2.75) is 82.7 Å². The number of benzene rings is 1. The monoisotopic (exact) mass is 455 g/mol. The van der Waals surface area contributed by atoms with Crippen LogP contribution >= 0.6 is 0 Å². The summed E-state index contributed by atoms with van der Waals surface area (Å²) >= 11 is 0. The number of ether oxygens (including phenoxy) is 2. The minimum Gasteiger partial charge on any atom is -0.489 e. The van der Waals surface area contributed by atoms with Gasteiger partial charge >= 0.3 is 0 Å². The second-order valence-corrected chi connectivity index (χ2v) is 9.61. The highest BCUT2D eigenvalue weighted by molar-refractivity contribution is 6.05. The molecule has 1 saturated carbocycles. The second-order valence-electron chi connectivity index (χ2n) is 9.61. The minimum atomic E-state index is -0.595. The Morgan fingerprint density at radius 2 is 1.88 bits per heavy atom. The van der Waals surface area contributed by atoms with Gasteiger partial charge in [0.25, 0.3) is 5.91 Å². The van der Waals surface area contributed by atoms with Gasteiger partial charge in [-0.15, -0.1) is 0 Å². The molecular formula is C25H33N3O5. The lowest BCUT2D eigenvalue weighted by molar-refractivity contribution is -0.136. The standard InChI is InChI=1S/C25H33N3O5/c1-2-32-18-14-27(15-18)20-6-4-3-5-7-22(20)33-17-8-9-19-16(12-17)13-28(25(19)31)21-10-11-23(29)26-24(21)30/h8-9,12,18,20-22H,2-7,10-11,13-15H2,1H3,(H,26,29,30). The number of hydrogen-bond donors (Lipinski definition) is 1. The van der Waals surface area contributed by atoms with Gasteiger partial charge in [0, 0.05) is 44.3 Å². The van der Waals surface area contributed by atoms with Crippen LogP contribution in [0.2, 0.25) is 0 Å². The average Bonchev–Trinajstić information content (AvgIpc) is 2.92. The number of likely N-dealkylation sites (tertiary alicyclic amines) is 1. The predicted molar refractivity (Wildman–Crippen MR) is 121 cm³/mol. The Labute approximate surface area is 194 Å². The van der Waals surface area contributed by atoms with E-state index in [0.717, 1.165) is 50.3 Å². The lowest BCUT2D eigenvalue weighted by Crippen LogP contribution is -2.60. The van der Waals surface area contributed by atoms with Gasteiger partial charge in [0.1, 0.15) is 17.9 Å². The van der Waals surface area contributed by atoms with Crippen LogP contribution in [0.4, 0.5) is 0 Å². The molecule has 3 fully saturated rings. The van der Waals surface area contributed by atoms with E-state index in [2.05, 4.69) is 10.2 Å². The molecule has 1 N–H and O–H groups in total. The number of carbonyl (C=O) groups is 3. The molecule has 8 heteroatoms. The predicted octanol–water partition coefficient (Wildman–Crippen LogP) is 2.25. The summed E-state index contributed by atoms with van der Waals surface area (Å²) < 4.78 is 12.3. The number of piperidine rings is 1. The molecule has 178 valence electrons. The molecule has 2 saturated heterocycles. The van der Waals surface area contributed by atoms with E-state index in [1.807, 2.05) is 25.1 Å². The first-order chi connectivity index (χ1) is 16.0. The van der Waals surface area contributed by atoms with Gasteiger partial charge in [0.15, 0.2) is 0 Å². The summed E-state index contributed by atoms with van der Waals surface area (Å²) in [6, 6.07) is 5.45. The van der Waals surface area contributed by atoms with Crippen LogP contribution in [-0.2, 0) is 20.9 Å². The average molecular weight is 456 g/mol. The fraction of sp³-hybridized carbons (Fsp3) is 0.640. The van der Waals surface area contributed by atoms with Gasteiger partial charge in [-0.1, -0.05) is 12.8 Å². The summed E-state index contributed by atoms with van der Waals surface area (Å²) in [7, 11) is 0. The molecule has 33 heavy (non-hydrogen) atoms. The number of fused-ring (bicyclic) bond motifs is 1. The molecule has 1 aromatic carbocycles. The van der Waals surface area contributed by atoms with Crippen molar-refractivity contribution in [3.8, 4) is 5.75 Å². The quantitative estimate of drug-likeness (QED) is 0.523. The first kappa shape index (κ1) is 22.3. The number of nitrogens with zero attached hydrogens (tertiary/aromatic N) is 2. The van der Waals surface area contributed by atoms with E-state index >= 15 is 0 Å². The lowest BCUT2D eigenvalue weighted by Gasteiger charge is -2.46. The molecular weight excluding hydrogens is 422 g/mol. The van der Waals surface area contributed by atoms with Crippen LogP contribution in [-0.4, -0.2) is 71.5 Å². The van der Waals surface area contributed by atoms with Gasteiger partial charge in [0.2, 0.25) is 11.8 Å². The largest absolute Gasteiger partial charge is 0.489 e. The van der Waals surface area contributed by atoms with Crippen LogP contribution in [0.5, 0.6) is 5.75 Å². The van der Waals surface area contributed by atoms with Gasteiger partial charge in [-0.25, -0.2) is 0 Å². The number of amides is 3. The lowest BCUT2D eigenvalue weighted by atomic mass is 9.98. The number of imide groups is 1. The van der Waals surface area contributed by atoms with Crippen LogP contribution in [0, 0.1) is 0 Å². The third-order valence-corrected chi connectivity index (χ3v) is 7.45. The molecule has 0 aromatic heterocycles. The van der Waals surface area contributed by atoms with Crippen LogP contribution in [0.25, 0.3) is 0 Å². The molecule has 8 nitrogen and oxygen atoms in total. The number of rotatable bonds is 6. The second kappa shape index (κ2) is 9.43. The van der Waals surface area contributed by atoms with Gasteiger partial charge in [-0.2, -0.15) is 0 Å². The summed E-state index contributed by atoms with van der Waals surface area (Å²) in [5.41, 5.74) is 1.50. The van der Waals surface area contributed by atoms with Gasteiger partial charge in [0.05, 0.1) is 6.10 Å². The Kier molecular flexibility index (Phi) is 6.38. The number of hydrogen-bond acceptors (Lipinski definition) is 6. The number of carbonyl (C=O) groups excluding carboxylic acids is 3. The highest BCUT2D eigenvalue weighted by Gasteiger charge is 2.40. The summed E-state index contributed by atoms with van der Waals surface area (Å²) in [6.07, 6.45) is 6.87. The van der Waals surface area contributed by atoms with Crippen molar-refractivity contribution >= 4 is 17.7 Å². The molecule has 3 aliphatic heterocycles. The van der Waals surface area contributed by atoms with E-state index in [0.29, 0.717) is 30.7 Å². The van der Waals surface area contributed by atoms with Crippen molar-refractivity contribution in [1.29, 1.82) is 0 Å².